The van der Waals surface area contributed by atoms with E-state index in [0.717, 1.165) is 39.0 Å². The van der Waals surface area contributed by atoms with Crippen LogP contribution in [0.15, 0.2) is 66.2 Å². The zero-order valence-corrected chi connectivity index (χ0v) is 43.7. The molecule has 3 amide bonds. The molecule has 2 fully saturated rings. The number of cyclic esters (lactones) is 1. The molecule has 2 aromatic heterocycles. The van der Waals surface area contributed by atoms with Gasteiger partial charge in [-0.3, -0.25) is 29.2 Å². The number of benzene rings is 2. The molecule has 18 heteroatoms. The lowest BCUT2D eigenvalue weighted by Crippen LogP contribution is -2.62. The van der Waals surface area contributed by atoms with Crippen molar-refractivity contribution in [3.8, 4) is 28.1 Å². The molecule has 384 valence electrons. The molecule has 1 unspecified atom stereocenters. The molecule has 2 saturated heterocycles. The molecule has 5 atom stereocenters. The molecule has 3 aliphatic heterocycles. The summed E-state index contributed by atoms with van der Waals surface area (Å²) in [5.41, 5.74) is 9.39. The Hall–Kier alpha value is -5.66. The fraction of sp³-hybridized carbons (Fsp3) is 0.528. The molecule has 4 aromatic rings. The van der Waals surface area contributed by atoms with Crippen LogP contribution in [0.5, 0.6) is 5.75 Å². The number of ether oxygens (including phenoxy) is 2. The number of hydrogen-bond acceptors (Lipinski definition) is 12. The fourth-order valence-corrected chi connectivity index (χ4v) is 11.5. The molecule has 0 aliphatic carbocycles. The summed E-state index contributed by atoms with van der Waals surface area (Å²) >= 11 is 0. The molecule has 0 spiro atoms. The van der Waals surface area contributed by atoms with E-state index in [2.05, 4.69) is 54.3 Å². The smallest absolute Gasteiger partial charge is 0.324 e. The van der Waals surface area contributed by atoms with Crippen LogP contribution in [-0.2, 0) is 58.1 Å². The van der Waals surface area contributed by atoms with Crippen molar-refractivity contribution in [2.45, 2.75) is 104 Å². The summed E-state index contributed by atoms with van der Waals surface area (Å²) in [4.78, 5) is 65.6. The molecule has 17 nitrogen and oxygen atoms in total. The van der Waals surface area contributed by atoms with Crippen molar-refractivity contribution in [1.29, 1.82) is 0 Å². The molecule has 5 heterocycles. The number of hydrogen-bond donors (Lipinski definition) is 3. The third-order valence-corrected chi connectivity index (χ3v) is 15.5. The molecular weight excluding hydrogens is 925 g/mol. The van der Waals surface area contributed by atoms with Gasteiger partial charge in [-0.05, 0) is 118 Å². The average Bonchev–Trinajstić information content (AvgIpc) is 3.95. The molecule has 71 heavy (non-hydrogen) atoms. The number of pyridine rings is 1. The number of methoxy groups -OCH3 is 1. The summed E-state index contributed by atoms with van der Waals surface area (Å²) in [6, 6.07) is 12.3. The summed E-state index contributed by atoms with van der Waals surface area (Å²) in [5, 5.41) is 17.9. The first-order valence-electron chi connectivity index (χ1n) is 24.7. The van der Waals surface area contributed by atoms with Crippen LogP contribution in [0.4, 0.5) is 0 Å². The minimum atomic E-state index is -3.76. The Morgan fingerprint density at radius 3 is 2.52 bits per heavy atom. The molecular formula is C53H72N8O9S. The Morgan fingerprint density at radius 2 is 1.82 bits per heavy atom. The normalized spacial score (nSPS) is 21.1. The van der Waals surface area contributed by atoms with E-state index in [1.165, 1.54) is 26.7 Å². The maximum atomic E-state index is 14.8. The summed E-state index contributed by atoms with van der Waals surface area (Å²) in [6.07, 6.45) is 4.72. The molecule has 7 rings (SSSR count). The number of sulfonamides is 1. The molecule has 2 aromatic carbocycles. The number of hydrazine groups is 1. The number of esters is 1. The summed E-state index contributed by atoms with van der Waals surface area (Å²) in [6.45, 7) is 13.4. The van der Waals surface area contributed by atoms with Crippen LogP contribution < -0.4 is 10.7 Å². The largest absolute Gasteiger partial charge is 0.508 e. The van der Waals surface area contributed by atoms with E-state index in [-0.39, 0.29) is 56.8 Å². The van der Waals surface area contributed by atoms with Gasteiger partial charge in [-0.1, -0.05) is 45.9 Å². The SMILES string of the molecule is CCn1c(-c2cccnc2[C@H](C)OC)c2c3cc(ccc31)-c1cc(O)cc(c1)C[C@H](NC(=O)C(C(C)C)N(C)C(=O)[C@H]1CCN(S(=O)(=O)/C=C/CN(C)C)C1)C(=O)N1CCC[C@H](N1)C(=O)OCC(C)(C)C2. The summed E-state index contributed by atoms with van der Waals surface area (Å²) in [5.74, 6) is -3.08. The Balaban J connectivity index is 1.26. The Kier molecular flexibility index (Phi) is 16.5. The number of nitrogens with one attached hydrogen (secondary N) is 2. The van der Waals surface area contributed by atoms with Gasteiger partial charge >= 0.3 is 5.97 Å². The predicted molar refractivity (Wildman–Crippen MR) is 273 cm³/mol. The van der Waals surface area contributed by atoms with Crippen molar-refractivity contribution in [3.05, 3.63) is 83.0 Å². The molecule has 3 N–H and O–H groups in total. The average molecular weight is 997 g/mol. The maximum Gasteiger partial charge on any atom is 0.324 e. The summed E-state index contributed by atoms with van der Waals surface area (Å²) < 4.78 is 41.8. The number of likely N-dealkylation sites (N-methyl/N-ethyl adjacent to an activating group) is 2. The minimum absolute atomic E-state index is 0.0220. The highest BCUT2D eigenvalue weighted by Gasteiger charge is 2.41. The van der Waals surface area contributed by atoms with Crippen LogP contribution in [0.1, 0.15) is 83.7 Å². The lowest BCUT2D eigenvalue weighted by atomic mass is 9.84. The number of nitrogens with zero attached hydrogens (tertiary/aromatic N) is 6. The summed E-state index contributed by atoms with van der Waals surface area (Å²) in [7, 11) is 3.11. The van der Waals surface area contributed by atoms with Crippen LogP contribution in [0.3, 0.4) is 0 Å². The second-order valence-electron chi connectivity index (χ2n) is 20.7. The van der Waals surface area contributed by atoms with Crippen molar-refractivity contribution in [3.63, 3.8) is 0 Å². The lowest BCUT2D eigenvalue weighted by Gasteiger charge is -2.37. The van der Waals surface area contributed by atoms with E-state index in [1.54, 1.807) is 31.5 Å². The third-order valence-electron chi connectivity index (χ3n) is 13.9. The highest BCUT2D eigenvalue weighted by molar-refractivity contribution is 7.92. The van der Waals surface area contributed by atoms with Crippen molar-refractivity contribution >= 4 is 44.6 Å². The topological polar surface area (TPSA) is 196 Å². The van der Waals surface area contributed by atoms with Crippen LogP contribution in [0.2, 0.25) is 0 Å². The number of rotatable bonds is 13. The quantitative estimate of drug-likeness (QED) is 0.139. The van der Waals surface area contributed by atoms with Crippen LogP contribution in [0.25, 0.3) is 33.3 Å². The monoisotopic (exact) mass is 997 g/mol. The lowest BCUT2D eigenvalue weighted by molar-refractivity contribution is -0.155. The van der Waals surface area contributed by atoms with Gasteiger partial charge in [0, 0.05) is 86.8 Å². The van der Waals surface area contributed by atoms with Gasteiger partial charge < -0.3 is 34.3 Å². The molecule has 0 saturated carbocycles. The standard InChI is InChI=1S/C53H72N8O9S/c1-11-60-45-18-17-36-29-41(45)42(48(60)40-15-12-20-54-46(40)34(4)69-10)30-53(5,6)32-70-52(66)43-16-13-22-61(56-43)51(65)44(27-35-25-38(36)28-39(62)26-35)55-49(63)47(33(2)3)58(9)50(64)37-19-23-59(31-37)71(67,68)24-14-21-57(7)8/h12,14-15,17-18,20,24-26,28-29,33-34,37,43-44,47,56,62H,11,13,16,19,21-23,27,30-32H2,1-10H3,(H,55,63)/b24-14+/t34-,37-,43-,44-,47?/m0/s1. The van der Waals surface area contributed by atoms with Crippen molar-refractivity contribution in [2.24, 2.45) is 17.3 Å². The predicted octanol–water partition coefficient (Wildman–Crippen LogP) is 5.66. The van der Waals surface area contributed by atoms with E-state index in [9.17, 15) is 32.7 Å². The van der Waals surface area contributed by atoms with Gasteiger partial charge in [0.2, 0.25) is 21.8 Å². The van der Waals surface area contributed by atoms with Gasteiger partial charge in [-0.2, -0.15) is 4.31 Å². The van der Waals surface area contributed by atoms with E-state index in [1.807, 2.05) is 58.0 Å². The number of aromatic nitrogens is 2. The highest BCUT2D eigenvalue weighted by atomic mass is 32.2. The van der Waals surface area contributed by atoms with Gasteiger partial charge in [-0.15, -0.1) is 0 Å². The first-order chi connectivity index (χ1) is 33.6. The van der Waals surface area contributed by atoms with E-state index in [0.29, 0.717) is 43.5 Å². The first-order valence-corrected chi connectivity index (χ1v) is 26.2. The number of carbonyl (C=O) groups excluding carboxylic acids is 4. The Labute approximate surface area is 418 Å². The van der Waals surface area contributed by atoms with Crippen LogP contribution in [0, 0.1) is 17.3 Å². The number of amides is 3. The van der Waals surface area contributed by atoms with Gasteiger partial charge in [0.15, 0.2) is 0 Å². The number of fused-ring (bicyclic) bond motifs is 6. The second-order valence-corrected chi connectivity index (χ2v) is 22.5. The van der Waals surface area contributed by atoms with Crippen molar-refractivity contribution in [2.75, 3.05) is 61.0 Å². The number of carbonyl (C=O) groups is 4. The molecule has 0 radical (unpaired) electrons. The van der Waals surface area contributed by atoms with Crippen molar-refractivity contribution < 1.29 is 42.2 Å². The molecule has 6 bridgehead atoms. The number of aromatic hydroxyl groups is 1. The van der Waals surface area contributed by atoms with Gasteiger partial charge in [0.25, 0.3) is 5.91 Å². The number of aryl methyl sites for hydroxylation is 1. The second kappa shape index (κ2) is 22.0. The van der Waals surface area contributed by atoms with Crippen LogP contribution >= 0.6 is 0 Å². The van der Waals surface area contributed by atoms with Gasteiger partial charge in [0.1, 0.15) is 23.9 Å². The Bertz CT molecular complexity index is 2770. The number of phenols is 1. The fourth-order valence-electron chi connectivity index (χ4n) is 10.3. The highest BCUT2D eigenvalue weighted by Crippen LogP contribution is 2.42. The van der Waals surface area contributed by atoms with E-state index >= 15 is 0 Å². The van der Waals surface area contributed by atoms with Gasteiger partial charge in [-0.25, -0.2) is 13.8 Å². The maximum absolute atomic E-state index is 14.8. The van der Waals surface area contributed by atoms with E-state index < -0.39 is 63.2 Å². The van der Waals surface area contributed by atoms with Crippen molar-refractivity contribution in [1.82, 2.24) is 39.4 Å². The zero-order valence-electron chi connectivity index (χ0n) is 42.9. The van der Waals surface area contributed by atoms with E-state index in [4.69, 9.17) is 14.5 Å². The zero-order chi connectivity index (χ0) is 51.5. The third kappa shape index (κ3) is 11.8. The first kappa shape index (κ1) is 53.1. The van der Waals surface area contributed by atoms with Gasteiger partial charge in [0.05, 0.1) is 30.0 Å². The Morgan fingerprint density at radius 1 is 1.06 bits per heavy atom. The van der Waals surface area contributed by atoms with Crippen LogP contribution in [-0.4, -0.2) is 145 Å². The molecule has 3 aliphatic rings. The minimum Gasteiger partial charge on any atom is -0.508 e. The number of phenolic OH excluding ortho intramolecular Hbond substituents is 1.